The van der Waals surface area contributed by atoms with Gasteiger partial charge in [-0.3, -0.25) is 4.79 Å². The molecule has 0 unspecified atom stereocenters. The molecule has 0 spiro atoms. The third kappa shape index (κ3) is 2.67. The Labute approximate surface area is 178 Å². The van der Waals surface area contributed by atoms with E-state index in [1.165, 1.54) is 7.11 Å². The molecule has 5 rings (SSSR count). The van der Waals surface area contributed by atoms with Gasteiger partial charge in [-0.2, -0.15) is 0 Å². The summed E-state index contributed by atoms with van der Waals surface area (Å²) in [6, 6.07) is 7.47. The number of carbonyl (C=O) groups excluding carboxylic acids is 3. The highest BCUT2D eigenvalue weighted by molar-refractivity contribution is 6.18. The first kappa shape index (κ1) is 19.3. The number of para-hydroxylation sites is 1. The fourth-order valence-corrected chi connectivity index (χ4v) is 4.50. The fraction of sp³-hybridized carbons (Fsp3) is 0.304. The number of rotatable bonds is 3. The molecule has 1 amide bonds. The standard InChI is InChI=1S/C23H20N2O6/c1-4-30-20-12-7-5-6-8-15(12)24-19-16-9-13-14(10-25(16)21(26)18(19)20)11(2)31-23(28)17(13)22(27)29-3/h5-9,11,14H,4,10H2,1-3H3/t11-,14-/m0/s1. The smallest absolute Gasteiger partial charge is 0.346 e. The number of nitrogens with zero attached hydrogens (tertiary/aromatic N) is 2. The Morgan fingerprint density at radius 1 is 1.29 bits per heavy atom. The van der Waals surface area contributed by atoms with E-state index in [9.17, 15) is 14.4 Å². The molecule has 0 aliphatic carbocycles. The van der Waals surface area contributed by atoms with Gasteiger partial charge in [0.05, 0.1) is 24.9 Å². The molecule has 0 bridgehead atoms. The highest BCUT2D eigenvalue weighted by Crippen LogP contribution is 2.46. The molecule has 1 aromatic carbocycles. The normalized spacial score (nSPS) is 21.9. The molecule has 31 heavy (non-hydrogen) atoms. The molecule has 158 valence electrons. The third-order valence-corrected chi connectivity index (χ3v) is 5.94. The molecule has 8 nitrogen and oxygen atoms in total. The van der Waals surface area contributed by atoms with Crippen LogP contribution in [0.15, 0.2) is 41.5 Å². The van der Waals surface area contributed by atoms with Crippen LogP contribution in [0.1, 0.15) is 29.9 Å². The minimum absolute atomic E-state index is 0.135. The third-order valence-electron chi connectivity index (χ3n) is 5.94. The van der Waals surface area contributed by atoms with Gasteiger partial charge in [-0.25, -0.2) is 14.6 Å². The van der Waals surface area contributed by atoms with Crippen LogP contribution in [0.5, 0.6) is 5.75 Å². The maximum Gasteiger partial charge on any atom is 0.346 e. The van der Waals surface area contributed by atoms with Gasteiger partial charge in [-0.15, -0.1) is 0 Å². The average Bonchev–Trinajstić information content (AvgIpc) is 3.03. The summed E-state index contributed by atoms with van der Waals surface area (Å²) in [6.45, 7) is 4.27. The van der Waals surface area contributed by atoms with Crippen LogP contribution in [0.3, 0.4) is 0 Å². The first-order valence-corrected chi connectivity index (χ1v) is 10.1. The number of cyclic esters (lactones) is 1. The van der Waals surface area contributed by atoms with Crippen LogP contribution in [0, 0.1) is 5.92 Å². The van der Waals surface area contributed by atoms with Crippen LogP contribution >= 0.6 is 0 Å². The molecule has 4 heterocycles. The zero-order chi connectivity index (χ0) is 21.9. The number of aromatic nitrogens is 1. The van der Waals surface area contributed by atoms with Gasteiger partial charge >= 0.3 is 11.9 Å². The molecule has 0 N–H and O–H groups in total. The van der Waals surface area contributed by atoms with Gasteiger partial charge in [0.25, 0.3) is 5.91 Å². The monoisotopic (exact) mass is 420 g/mol. The summed E-state index contributed by atoms with van der Waals surface area (Å²) >= 11 is 0. The van der Waals surface area contributed by atoms with Gasteiger partial charge in [0.1, 0.15) is 28.7 Å². The Balaban J connectivity index is 1.78. The summed E-state index contributed by atoms with van der Waals surface area (Å²) in [5, 5.41) is 0.760. The van der Waals surface area contributed by atoms with Gasteiger partial charge < -0.3 is 19.1 Å². The summed E-state index contributed by atoms with van der Waals surface area (Å²) in [5.74, 6) is -1.55. The van der Waals surface area contributed by atoms with Crippen LogP contribution in [0.25, 0.3) is 16.6 Å². The van der Waals surface area contributed by atoms with Crippen molar-refractivity contribution in [3.05, 3.63) is 52.7 Å². The molecular weight excluding hydrogens is 400 g/mol. The van der Waals surface area contributed by atoms with E-state index < -0.39 is 18.0 Å². The number of allylic oxidation sites excluding steroid dienone is 1. The van der Waals surface area contributed by atoms with E-state index in [4.69, 9.17) is 19.2 Å². The highest BCUT2D eigenvalue weighted by atomic mass is 16.6. The van der Waals surface area contributed by atoms with Crippen molar-refractivity contribution in [2.45, 2.75) is 20.0 Å². The minimum atomic E-state index is -0.756. The number of benzene rings is 1. The van der Waals surface area contributed by atoms with E-state index in [1.807, 2.05) is 31.2 Å². The zero-order valence-electron chi connectivity index (χ0n) is 17.3. The van der Waals surface area contributed by atoms with Gasteiger partial charge in [0, 0.05) is 17.8 Å². The lowest BCUT2D eigenvalue weighted by Gasteiger charge is -2.37. The van der Waals surface area contributed by atoms with E-state index in [-0.39, 0.29) is 23.9 Å². The fourth-order valence-electron chi connectivity index (χ4n) is 4.50. The Morgan fingerprint density at radius 2 is 2.06 bits per heavy atom. The van der Waals surface area contributed by atoms with E-state index in [0.717, 1.165) is 5.39 Å². The second kappa shape index (κ2) is 6.94. The molecule has 0 fully saturated rings. The molecular formula is C23H20N2O6. The van der Waals surface area contributed by atoms with Gasteiger partial charge in [-0.1, -0.05) is 12.1 Å². The average molecular weight is 420 g/mol. The van der Waals surface area contributed by atoms with Crippen molar-refractivity contribution in [1.82, 2.24) is 9.88 Å². The number of hydrogen-bond donors (Lipinski definition) is 0. The second-order valence-electron chi connectivity index (χ2n) is 7.60. The second-order valence-corrected chi connectivity index (χ2v) is 7.60. The lowest BCUT2D eigenvalue weighted by atomic mass is 9.84. The molecule has 8 heteroatoms. The first-order valence-electron chi connectivity index (χ1n) is 10.1. The van der Waals surface area contributed by atoms with Crippen LogP contribution in [0.2, 0.25) is 0 Å². The number of amides is 1. The Bertz CT molecular complexity index is 1230. The van der Waals surface area contributed by atoms with Crippen LogP contribution in [0.4, 0.5) is 0 Å². The van der Waals surface area contributed by atoms with Crippen LogP contribution in [-0.4, -0.2) is 54.1 Å². The van der Waals surface area contributed by atoms with E-state index in [0.29, 0.717) is 40.4 Å². The lowest BCUT2D eigenvalue weighted by Crippen LogP contribution is -2.44. The predicted molar refractivity (Wildman–Crippen MR) is 110 cm³/mol. The molecule has 0 saturated carbocycles. The number of carbonyl (C=O) groups is 3. The van der Waals surface area contributed by atoms with Crippen LogP contribution < -0.4 is 4.74 Å². The largest absolute Gasteiger partial charge is 0.492 e. The number of fused-ring (bicyclic) bond motifs is 5. The zero-order valence-corrected chi connectivity index (χ0v) is 17.3. The minimum Gasteiger partial charge on any atom is -0.492 e. The Kier molecular flexibility index (Phi) is 4.32. The number of pyridine rings is 1. The van der Waals surface area contributed by atoms with E-state index in [2.05, 4.69) is 0 Å². The molecule has 1 aromatic heterocycles. The molecule has 2 aromatic rings. The lowest BCUT2D eigenvalue weighted by molar-refractivity contribution is -0.152. The predicted octanol–water partition coefficient (Wildman–Crippen LogP) is 2.47. The van der Waals surface area contributed by atoms with Crippen molar-refractivity contribution >= 4 is 34.4 Å². The number of esters is 2. The summed E-state index contributed by atoms with van der Waals surface area (Å²) in [6.07, 6.45) is 1.20. The summed E-state index contributed by atoms with van der Waals surface area (Å²) < 4.78 is 16.1. The first-order chi connectivity index (χ1) is 15.0. The van der Waals surface area contributed by atoms with Crippen molar-refractivity contribution in [2.75, 3.05) is 20.3 Å². The van der Waals surface area contributed by atoms with Gasteiger partial charge in [-0.05, 0) is 37.6 Å². The topological polar surface area (TPSA) is 95.0 Å². The Hall–Kier alpha value is -3.68. The molecule has 0 saturated heterocycles. The summed E-state index contributed by atoms with van der Waals surface area (Å²) in [4.78, 5) is 44.6. The summed E-state index contributed by atoms with van der Waals surface area (Å²) in [5.41, 5.74) is 2.49. The Morgan fingerprint density at radius 3 is 2.81 bits per heavy atom. The van der Waals surface area contributed by atoms with E-state index in [1.54, 1.807) is 17.9 Å². The van der Waals surface area contributed by atoms with Crippen molar-refractivity contribution in [3.8, 4) is 5.75 Å². The number of ether oxygens (including phenoxy) is 3. The highest BCUT2D eigenvalue weighted by Gasteiger charge is 2.47. The number of hydrogen-bond acceptors (Lipinski definition) is 7. The molecule has 2 atom stereocenters. The summed E-state index contributed by atoms with van der Waals surface area (Å²) in [7, 11) is 1.22. The van der Waals surface area contributed by atoms with E-state index >= 15 is 0 Å². The van der Waals surface area contributed by atoms with Crippen molar-refractivity contribution in [1.29, 1.82) is 0 Å². The van der Waals surface area contributed by atoms with Gasteiger partial charge in [0.15, 0.2) is 0 Å². The van der Waals surface area contributed by atoms with Crippen molar-refractivity contribution < 1.29 is 28.6 Å². The molecule has 3 aliphatic heterocycles. The van der Waals surface area contributed by atoms with Crippen LogP contribution in [-0.2, 0) is 19.1 Å². The maximum atomic E-state index is 13.4. The van der Waals surface area contributed by atoms with Crippen molar-refractivity contribution in [3.63, 3.8) is 0 Å². The SMILES string of the molecule is CCOc1c2c(nc3ccccc13)C1=CC3=C(C(=O)OC)C(=O)O[C@@H](C)[C@@H]3CN1C2=O. The molecule has 0 radical (unpaired) electrons. The van der Waals surface area contributed by atoms with Gasteiger partial charge in [0.2, 0.25) is 0 Å². The number of methoxy groups -OCH3 is 1. The maximum absolute atomic E-state index is 13.4. The molecule has 3 aliphatic rings. The quantitative estimate of drug-likeness (QED) is 0.556. The van der Waals surface area contributed by atoms with Crippen molar-refractivity contribution in [2.24, 2.45) is 5.92 Å².